The molecule has 0 spiro atoms. The lowest BCUT2D eigenvalue weighted by Crippen LogP contribution is -2.38. The van der Waals surface area contributed by atoms with Crippen molar-refractivity contribution in [2.45, 2.75) is 38.3 Å². The van der Waals surface area contributed by atoms with Crippen molar-refractivity contribution in [3.05, 3.63) is 24.0 Å². The summed E-state index contributed by atoms with van der Waals surface area (Å²) in [5, 5.41) is 13.4. The summed E-state index contributed by atoms with van der Waals surface area (Å²) in [4.78, 5) is 14.3. The van der Waals surface area contributed by atoms with Crippen LogP contribution in [0.3, 0.4) is 0 Å². The zero-order valence-corrected chi connectivity index (χ0v) is 11.9. The number of nitrogen functional groups attached to an aromatic ring is 1. The number of nitriles is 1. The van der Waals surface area contributed by atoms with Crippen LogP contribution < -0.4 is 5.73 Å². The van der Waals surface area contributed by atoms with E-state index in [1.807, 2.05) is 11.0 Å². The Kier molecular flexibility index (Phi) is 3.65. The van der Waals surface area contributed by atoms with Gasteiger partial charge in [0.15, 0.2) is 0 Å². The highest BCUT2D eigenvalue weighted by molar-refractivity contribution is 5.97. The first-order valence-electron chi connectivity index (χ1n) is 7.38. The Balaban J connectivity index is 1.71. The maximum Gasteiger partial charge on any atom is 0.264 e. The molecule has 1 aromatic rings. The van der Waals surface area contributed by atoms with Crippen molar-refractivity contribution in [1.82, 2.24) is 14.7 Å². The molecule has 1 aliphatic carbocycles. The molecule has 0 radical (unpaired) electrons. The van der Waals surface area contributed by atoms with Gasteiger partial charge in [0.1, 0.15) is 11.6 Å². The maximum atomic E-state index is 12.5. The predicted octanol–water partition coefficient (Wildman–Crippen LogP) is 1.32. The summed E-state index contributed by atoms with van der Waals surface area (Å²) in [5.41, 5.74) is 6.58. The predicted molar refractivity (Wildman–Crippen MR) is 77.8 cm³/mol. The monoisotopic (exact) mass is 285 g/mol. The summed E-state index contributed by atoms with van der Waals surface area (Å²) in [6, 6.07) is 2.16. The molecular weight excluding hydrogens is 266 g/mol. The van der Waals surface area contributed by atoms with Gasteiger partial charge in [-0.25, -0.2) is 0 Å². The lowest BCUT2D eigenvalue weighted by molar-refractivity contribution is -0.127. The topological polar surface area (TPSA) is 87.9 Å². The number of nitrogens with two attached hydrogens (primary N) is 1. The van der Waals surface area contributed by atoms with Gasteiger partial charge < -0.3 is 10.6 Å². The number of amides is 1. The largest absolute Gasteiger partial charge is 0.396 e. The van der Waals surface area contributed by atoms with Crippen LogP contribution in [0.2, 0.25) is 0 Å². The van der Waals surface area contributed by atoms with Crippen LogP contribution in [0.1, 0.15) is 25.7 Å². The summed E-state index contributed by atoms with van der Waals surface area (Å²) in [6.07, 6.45) is 9.30. The molecule has 21 heavy (non-hydrogen) atoms. The molecule has 6 heteroatoms. The van der Waals surface area contributed by atoms with Gasteiger partial charge in [0.2, 0.25) is 0 Å². The van der Waals surface area contributed by atoms with E-state index in [4.69, 9.17) is 5.73 Å². The highest BCUT2D eigenvalue weighted by Gasteiger charge is 2.32. The number of likely N-dealkylation sites (tertiary alicyclic amines) is 1. The number of hydrogen-bond acceptors (Lipinski definition) is 4. The van der Waals surface area contributed by atoms with E-state index in [9.17, 15) is 10.1 Å². The number of hydrogen-bond donors (Lipinski definition) is 1. The molecule has 1 aliphatic heterocycles. The fraction of sp³-hybridized carbons (Fsp3) is 0.533. The van der Waals surface area contributed by atoms with Crippen molar-refractivity contribution >= 4 is 11.6 Å². The van der Waals surface area contributed by atoms with Crippen molar-refractivity contribution in [3.8, 4) is 6.07 Å². The highest BCUT2D eigenvalue weighted by atomic mass is 16.2. The zero-order valence-electron chi connectivity index (χ0n) is 11.9. The number of carbonyl (C=O) groups excluding carboxylic acids is 1. The molecular formula is C15H19N5O. The number of nitrogens with zero attached hydrogens (tertiary/aromatic N) is 4. The van der Waals surface area contributed by atoms with E-state index in [1.165, 1.54) is 0 Å². The van der Waals surface area contributed by atoms with Crippen LogP contribution in [-0.2, 0) is 11.3 Å². The molecule has 110 valence electrons. The Morgan fingerprint density at radius 3 is 2.95 bits per heavy atom. The van der Waals surface area contributed by atoms with E-state index < -0.39 is 0 Å². The smallest absolute Gasteiger partial charge is 0.264 e. The third kappa shape index (κ3) is 3.07. The van der Waals surface area contributed by atoms with Gasteiger partial charge in [-0.1, -0.05) is 6.08 Å². The van der Waals surface area contributed by atoms with Crippen molar-refractivity contribution in [2.75, 3.05) is 12.3 Å². The third-order valence-corrected chi connectivity index (χ3v) is 4.06. The molecule has 2 fully saturated rings. The quantitative estimate of drug-likeness (QED) is 0.667. The molecule has 1 unspecified atom stereocenters. The number of rotatable bonds is 4. The number of anilines is 1. The number of carbonyl (C=O) groups is 1. The molecule has 1 saturated heterocycles. The molecule has 2 aliphatic rings. The molecule has 3 rings (SSSR count). The van der Waals surface area contributed by atoms with E-state index >= 15 is 0 Å². The van der Waals surface area contributed by atoms with Crippen molar-refractivity contribution < 1.29 is 4.79 Å². The highest BCUT2D eigenvalue weighted by Crippen LogP contribution is 2.32. The third-order valence-electron chi connectivity index (χ3n) is 4.06. The molecule has 1 aromatic heterocycles. The summed E-state index contributed by atoms with van der Waals surface area (Å²) in [6.45, 7) is 1.34. The van der Waals surface area contributed by atoms with Crippen LogP contribution in [-0.4, -0.2) is 33.2 Å². The lowest BCUT2D eigenvalue weighted by atomic mass is 10.1. The Bertz CT molecular complexity index is 608. The normalized spacial score (nSPS) is 22.3. The number of aromatic nitrogens is 2. The minimum atomic E-state index is -0.132. The summed E-state index contributed by atoms with van der Waals surface area (Å²) in [5.74, 6) is 0.294. The molecule has 6 nitrogen and oxygen atoms in total. The minimum Gasteiger partial charge on any atom is -0.396 e. The summed E-state index contributed by atoms with van der Waals surface area (Å²) >= 11 is 0. The fourth-order valence-corrected chi connectivity index (χ4v) is 2.80. The number of allylic oxidation sites excluding steroid dienone is 1. The zero-order chi connectivity index (χ0) is 14.8. The second kappa shape index (κ2) is 5.60. The first-order chi connectivity index (χ1) is 10.2. The van der Waals surface area contributed by atoms with Crippen molar-refractivity contribution in [2.24, 2.45) is 5.92 Å². The van der Waals surface area contributed by atoms with E-state index in [-0.39, 0.29) is 11.9 Å². The molecule has 0 aromatic carbocycles. The minimum absolute atomic E-state index is 0.0905. The van der Waals surface area contributed by atoms with Gasteiger partial charge in [-0.3, -0.25) is 9.48 Å². The molecule has 0 bridgehead atoms. The summed E-state index contributed by atoms with van der Waals surface area (Å²) in [7, 11) is 0. The first-order valence-corrected chi connectivity index (χ1v) is 7.38. The Morgan fingerprint density at radius 1 is 1.52 bits per heavy atom. The molecule has 2 N–H and O–H groups in total. The van der Waals surface area contributed by atoms with E-state index in [1.54, 1.807) is 17.1 Å². The molecule has 2 heterocycles. The van der Waals surface area contributed by atoms with Crippen LogP contribution in [0, 0.1) is 17.2 Å². The van der Waals surface area contributed by atoms with Gasteiger partial charge in [0, 0.05) is 12.7 Å². The van der Waals surface area contributed by atoms with Gasteiger partial charge in [0.25, 0.3) is 5.91 Å². The average Bonchev–Trinajstić information content (AvgIpc) is 3.02. The second-order valence-electron chi connectivity index (χ2n) is 5.82. The first kappa shape index (κ1) is 13.7. The van der Waals surface area contributed by atoms with Gasteiger partial charge in [-0.15, -0.1) is 0 Å². The van der Waals surface area contributed by atoms with Crippen molar-refractivity contribution in [1.29, 1.82) is 5.26 Å². The standard InChI is InChI=1S/C15H19N5O/c16-7-12(6-11-3-4-11)15(21)20-5-1-2-14(20)10-19-9-13(17)8-18-19/h6,8-9,11,14H,1-5,10,17H2. The van der Waals surface area contributed by atoms with Crippen LogP contribution in [0.5, 0.6) is 0 Å². The molecule has 1 atom stereocenters. The average molecular weight is 285 g/mol. The maximum absolute atomic E-state index is 12.5. The Morgan fingerprint density at radius 2 is 2.33 bits per heavy atom. The van der Waals surface area contributed by atoms with Gasteiger partial charge in [0.05, 0.1) is 24.5 Å². The van der Waals surface area contributed by atoms with Crippen LogP contribution in [0.4, 0.5) is 5.69 Å². The van der Waals surface area contributed by atoms with Gasteiger partial charge in [-0.2, -0.15) is 10.4 Å². The summed E-state index contributed by atoms with van der Waals surface area (Å²) < 4.78 is 1.77. The van der Waals surface area contributed by atoms with Gasteiger partial charge in [-0.05, 0) is 31.6 Å². The SMILES string of the molecule is N#CC(=CC1CC1)C(=O)N1CCCC1Cn1cc(N)cn1. The van der Waals surface area contributed by atoms with E-state index in [0.717, 1.165) is 25.7 Å². The Labute approximate surface area is 123 Å². The van der Waals surface area contributed by atoms with Crippen LogP contribution >= 0.6 is 0 Å². The second-order valence-corrected chi connectivity index (χ2v) is 5.82. The lowest BCUT2D eigenvalue weighted by Gasteiger charge is -2.24. The van der Waals surface area contributed by atoms with E-state index in [2.05, 4.69) is 11.2 Å². The van der Waals surface area contributed by atoms with E-state index in [0.29, 0.717) is 30.3 Å². The van der Waals surface area contributed by atoms with Crippen LogP contribution in [0.15, 0.2) is 24.0 Å². The van der Waals surface area contributed by atoms with Gasteiger partial charge >= 0.3 is 0 Å². The fourth-order valence-electron chi connectivity index (χ4n) is 2.80. The molecule has 1 amide bonds. The molecule has 1 saturated carbocycles. The van der Waals surface area contributed by atoms with Crippen LogP contribution in [0.25, 0.3) is 0 Å². The van der Waals surface area contributed by atoms with Crippen molar-refractivity contribution in [3.63, 3.8) is 0 Å². The Hall–Kier alpha value is -2.29.